The number of aromatic nitrogens is 2. The Bertz CT molecular complexity index is 573. The maximum absolute atomic E-state index is 6.10. The van der Waals surface area contributed by atoms with Gasteiger partial charge >= 0.3 is 0 Å². The number of anilines is 2. The van der Waals surface area contributed by atoms with Gasteiger partial charge in [0, 0.05) is 19.7 Å². The van der Waals surface area contributed by atoms with Gasteiger partial charge < -0.3 is 15.4 Å². The van der Waals surface area contributed by atoms with Crippen LogP contribution in [0.5, 0.6) is 0 Å². The number of methoxy groups -OCH3 is 1. The van der Waals surface area contributed by atoms with Crippen molar-refractivity contribution in [3.63, 3.8) is 0 Å². The van der Waals surface area contributed by atoms with Crippen LogP contribution in [0, 0.1) is 0 Å². The number of benzene rings is 1. The molecule has 0 amide bonds. The molecule has 0 saturated carbocycles. The van der Waals surface area contributed by atoms with E-state index in [4.69, 9.17) is 10.5 Å². The standard InChI is InChI=1S/C15H22N4O/c1-4-11(2)19(9-10-20-3)15-14(16)17-12-7-5-6-8-13(12)18-15/h5-8,11H,4,9-10H2,1-3H3,(H2,16,17). The first-order chi connectivity index (χ1) is 9.67. The molecule has 0 spiro atoms. The van der Waals surface area contributed by atoms with Crippen LogP contribution in [0.15, 0.2) is 24.3 Å². The van der Waals surface area contributed by atoms with Crippen molar-refractivity contribution in [3.05, 3.63) is 24.3 Å². The fourth-order valence-electron chi connectivity index (χ4n) is 2.16. The van der Waals surface area contributed by atoms with Crippen LogP contribution in [0.1, 0.15) is 20.3 Å². The summed E-state index contributed by atoms with van der Waals surface area (Å²) in [6.45, 7) is 5.70. The monoisotopic (exact) mass is 274 g/mol. The lowest BCUT2D eigenvalue weighted by atomic mass is 10.2. The van der Waals surface area contributed by atoms with Crippen LogP contribution in [0.3, 0.4) is 0 Å². The van der Waals surface area contributed by atoms with Crippen molar-refractivity contribution >= 4 is 22.7 Å². The van der Waals surface area contributed by atoms with Crippen LogP contribution in [0.2, 0.25) is 0 Å². The summed E-state index contributed by atoms with van der Waals surface area (Å²) >= 11 is 0. The Morgan fingerprint density at radius 3 is 2.50 bits per heavy atom. The van der Waals surface area contributed by atoms with Gasteiger partial charge in [-0.05, 0) is 25.5 Å². The van der Waals surface area contributed by atoms with Gasteiger partial charge in [-0.2, -0.15) is 0 Å². The van der Waals surface area contributed by atoms with Crippen molar-refractivity contribution < 1.29 is 4.74 Å². The number of hydrogen-bond acceptors (Lipinski definition) is 5. The van der Waals surface area contributed by atoms with E-state index in [1.165, 1.54) is 0 Å². The minimum Gasteiger partial charge on any atom is -0.383 e. The van der Waals surface area contributed by atoms with Crippen LogP contribution in [-0.4, -0.2) is 36.3 Å². The van der Waals surface area contributed by atoms with Crippen molar-refractivity contribution in [2.45, 2.75) is 26.3 Å². The van der Waals surface area contributed by atoms with Gasteiger partial charge in [-0.3, -0.25) is 0 Å². The van der Waals surface area contributed by atoms with E-state index in [9.17, 15) is 0 Å². The summed E-state index contributed by atoms with van der Waals surface area (Å²) in [5.74, 6) is 1.22. The smallest absolute Gasteiger partial charge is 0.172 e. The zero-order chi connectivity index (χ0) is 14.5. The van der Waals surface area contributed by atoms with Gasteiger partial charge in [0.1, 0.15) is 0 Å². The Morgan fingerprint density at radius 1 is 1.25 bits per heavy atom. The third-order valence-electron chi connectivity index (χ3n) is 3.51. The molecule has 2 rings (SSSR count). The van der Waals surface area contributed by atoms with E-state index in [1.54, 1.807) is 7.11 Å². The number of para-hydroxylation sites is 2. The molecule has 0 aliphatic rings. The van der Waals surface area contributed by atoms with Gasteiger partial charge in [-0.25, -0.2) is 9.97 Å². The van der Waals surface area contributed by atoms with E-state index >= 15 is 0 Å². The summed E-state index contributed by atoms with van der Waals surface area (Å²) in [4.78, 5) is 11.3. The maximum Gasteiger partial charge on any atom is 0.172 e. The van der Waals surface area contributed by atoms with E-state index in [0.717, 1.165) is 29.8 Å². The molecule has 0 bridgehead atoms. The SMILES string of the molecule is CCC(C)N(CCOC)c1nc2ccccc2nc1N. The topological polar surface area (TPSA) is 64.3 Å². The molecular weight excluding hydrogens is 252 g/mol. The molecule has 0 aliphatic heterocycles. The highest BCUT2D eigenvalue weighted by atomic mass is 16.5. The fraction of sp³-hybridized carbons (Fsp3) is 0.467. The molecule has 1 heterocycles. The third-order valence-corrected chi connectivity index (χ3v) is 3.51. The van der Waals surface area contributed by atoms with Crippen LogP contribution >= 0.6 is 0 Å². The molecule has 0 aliphatic carbocycles. The molecule has 1 aromatic heterocycles. The molecule has 0 radical (unpaired) electrons. The molecule has 5 heteroatoms. The van der Waals surface area contributed by atoms with Crippen LogP contribution in [-0.2, 0) is 4.74 Å². The molecule has 108 valence electrons. The van der Waals surface area contributed by atoms with Crippen molar-refractivity contribution in [1.29, 1.82) is 0 Å². The largest absolute Gasteiger partial charge is 0.383 e. The van der Waals surface area contributed by atoms with Crippen molar-refractivity contribution in [1.82, 2.24) is 9.97 Å². The van der Waals surface area contributed by atoms with E-state index in [-0.39, 0.29) is 0 Å². The minimum atomic E-state index is 0.336. The Labute approximate surface area is 119 Å². The number of hydrogen-bond donors (Lipinski definition) is 1. The lowest BCUT2D eigenvalue weighted by molar-refractivity contribution is 0.203. The molecule has 1 atom stereocenters. The number of fused-ring (bicyclic) bond motifs is 1. The van der Waals surface area contributed by atoms with Gasteiger partial charge in [-0.1, -0.05) is 19.1 Å². The Morgan fingerprint density at radius 2 is 1.90 bits per heavy atom. The molecule has 20 heavy (non-hydrogen) atoms. The van der Waals surface area contributed by atoms with Crippen LogP contribution in [0.25, 0.3) is 11.0 Å². The first-order valence-corrected chi connectivity index (χ1v) is 6.95. The zero-order valence-corrected chi connectivity index (χ0v) is 12.3. The number of ether oxygens (including phenoxy) is 1. The second-order valence-electron chi connectivity index (χ2n) is 4.86. The lowest BCUT2D eigenvalue weighted by Gasteiger charge is -2.30. The number of nitrogens with two attached hydrogens (primary N) is 1. The van der Waals surface area contributed by atoms with Gasteiger partial charge in [0.25, 0.3) is 0 Å². The molecule has 0 fully saturated rings. The highest BCUT2D eigenvalue weighted by molar-refractivity contribution is 5.79. The molecular formula is C15H22N4O. The van der Waals surface area contributed by atoms with Gasteiger partial charge in [0.2, 0.25) is 0 Å². The van der Waals surface area contributed by atoms with Gasteiger partial charge in [0.15, 0.2) is 11.6 Å². The predicted octanol–water partition coefficient (Wildman–Crippen LogP) is 2.46. The maximum atomic E-state index is 6.10. The molecule has 0 saturated heterocycles. The summed E-state index contributed by atoms with van der Waals surface area (Å²) in [6.07, 6.45) is 1.01. The summed E-state index contributed by atoms with van der Waals surface area (Å²) < 4.78 is 5.19. The molecule has 1 unspecified atom stereocenters. The van der Waals surface area contributed by atoms with E-state index in [2.05, 4.69) is 28.7 Å². The summed E-state index contributed by atoms with van der Waals surface area (Å²) in [5, 5.41) is 0. The highest BCUT2D eigenvalue weighted by Gasteiger charge is 2.18. The zero-order valence-electron chi connectivity index (χ0n) is 12.3. The molecule has 5 nitrogen and oxygen atoms in total. The van der Waals surface area contributed by atoms with Crippen molar-refractivity contribution in [2.75, 3.05) is 30.9 Å². The average Bonchev–Trinajstić information content (AvgIpc) is 2.47. The quantitative estimate of drug-likeness (QED) is 0.876. The first-order valence-electron chi connectivity index (χ1n) is 6.95. The normalized spacial score (nSPS) is 12.6. The predicted molar refractivity (Wildman–Crippen MR) is 82.9 cm³/mol. The highest BCUT2D eigenvalue weighted by Crippen LogP contribution is 2.24. The fourth-order valence-corrected chi connectivity index (χ4v) is 2.16. The van der Waals surface area contributed by atoms with Gasteiger partial charge in [0.05, 0.1) is 17.6 Å². The molecule has 2 N–H and O–H groups in total. The minimum absolute atomic E-state index is 0.336. The lowest BCUT2D eigenvalue weighted by Crippen LogP contribution is -2.36. The summed E-state index contributed by atoms with van der Waals surface area (Å²) in [5.41, 5.74) is 7.78. The van der Waals surface area contributed by atoms with E-state index in [0.29, 0.717) is 18.5 Å². The first kappa shape index (κ1) is 14.5. The Balaban J connectivity index is 2.43. The van der Waals surface area contributed by atoms with Crippen LogP contribution in [0.4, 0.5) is 11.6 Å². The average molecular weight is 274 g/mol. The van der Waals surface area contributed by atoms with E-state index in [1.807, 2.05) is 24.3 Å². The molecule has 1 aromatic carbocycles. The van der Waals surface area contributed by atoms with Gasteiger partial charge in [-0.15, -0.1) is 0 Å². The molecule has 2 aromatic rings. The second-order valence-corrected chi connectivity index (χ2v) is 4.86. The van der Waals surface area contributed by atoms with Crippen molar-refractivity contribution in [3.8, 4) is 0 Å². The van der Waals surface area contributed by atoms with Crippen LogP contribution < -0.4 is 10.6 Å². The number of nitrogen functional groups attached to an aromatic ring is 1. The Hall–Kier alpha value is -1.88. The number of nitrogens with zero attached hydrogens (tertiary/aromatic N) is 3. The second kappa shape index (κ2) is 6.52. The Kier molecular flexibility index (Phi) is 4.74. The summed E-state index contributed by atoms with van der Waals surface area (Å²) in [7, 11) is 1.70. The summed E-state index contributed by atoms with van der Waals surface area (Å²) in [6, 6.07) is 8.11. The number of rotatable bonds is 6. The van der Waals surface area contributed by atoms with Crippen molar-refractivity contribution in [2.24, 2.45) is 0 Å². The van der Waals surface area contributed by atoms with E-state index < -0.39 is 0 Å². The third kappa shape index (κ3) is 2.99.